The number of hydrogen-bond donors (Lipinski definition) is 1. The number of amides is 1. The minimum absolute atomic E-state index is 0.0456. The van der Waals surface area contributed by atoms with Crippen LogP contribution in [0.25, 0.3) is 11.4 Å². The molecule has 0 radical (unpaired) electrons. The largest absolute Gasteiger partial charge is 0.481 e. The molecule has 1 spiro atoms. The van der Waals surface area contributed by atoms with Crippen molar-refractivity contribution in [2.24, 2.45) is 7.05 Å². The van der Waals surface area contributed by atoms with Crippen molar-refractivity contribution < 1.29 is 14.3 Å². The van der Waals surface area contributed by atoms with Gasteiger partial charge in [-0.25, -0.2) is 14.6 Å². The van der Waals surface area contributed by atoms with Gasteiger partial charge in [0, 0.05) is 38.0 Å². The molecule has 1 N–H and O–H groups in total. The monoisotopic (exact) mass is 511 g/mol. The number of aromatic nitrogens is 5. The molecule has 10 nitrogen and oxygen atoms in total. The fourth-order valence-corrected chi connectivity index (χ4v) is 5.44. The Labute approximate surface area is 215 Å². The Hall–Kier alpha value is -3.40. The van der Waals surface area contributed by atoms with Gasteiger partial charge in [-0.15, -0.1) is 5.10 Å². The highest BCUT2D eigenvalue weighted by Gasteiger charge is 2.43. The lowest BCUT2D eigenvalue weighted by molar-refractivity contribution is -0.131. The number of nitrogens with one attached hydrogen (secondary N) is 1. The highest BCUT2D eigenvalue weighted by molar-refractivity contribution is 6.31. The number of fused-ring (bicyclic) bond motifs is 1. The van der Waals surface area contributed by atoms with E-state index in [1.54, 1.807) is 32.0 Å². The summed E-state index contributed by atoms with van der Waals surface area (Å²) in [6.07, 6.45) is 4.16. The van der Waals surface area contributed by atoms with Gasteiger partial charge >= 0.3 is 6.01 Å². The molecule has 1 saturated heterocycles. The molecule has 0 aromatic carbocycles. The van der Waals surface area contributed by atoms with E-state index in [4.69, 9.17) is 26.1 Å². The summed E-state index contributed by atoms with van der Waals surface area (Å²) in [7, 11) is 4.93. The molecule has 36 heavy (non-hydrogen) atoms. The quantitative estimate of drug-likeness (QED) is 0.555. The van der Waals surface area contributed by atoms with Crippen molar-refractivity contribution in [2.45, 2.75) is 44.6 Å². The topological polar surface area (TPSA) is 107 Å². The van der Waals surface area contributed by atoms with Crippen LogP contribution in [0.15, 0.2) is 18.3 Å². The van der Waals surface area contributed by atoms with E-state index in [1.165, 1.54) is 6.20 Å². The maximum absolute atomic E-state index is 13.4. The molecular weight excluding hydrogens is 482 g/mol. The Morgan fingerprint density at radius 3 is 2.75 bits per heavy atom. The van der Waals surface area contributed by atoms with Crippen LogP contribution < -0.4 is 14.8 Å². The fourth-order valence-electron chi connectivity index (χ4n) is 5.17. The van der Waals surface area contributed by atoms with Crippen LogP contribution in [0.1, 0.15) is 42.5 Å². The number of aryl methyl sites for hydroxylation is 3. The van der Waals surface area contributed by atoms with E-state index in [-0.39, 0.29) is 11.4 Å². The first-order valence-electron chi connectivity index (χ1n) is 12.0. The SMILES string of the molecule is COc1cc([C@@H](C)C(=O)N2CC[C@@]3(CCc4cc(-c5nc(OC)n(C)n5)c(C)nc4N3)C2)c(Cl)cn1. The van der Waals surface area contributed by atoms with E-state index in [9.17, 15) is 4.79 Å². The minimum atomic E-state index is -0.397. The molecule has 2 aliphatic heterocycles. The van der Waals surface area contributed by atoms with Gasteiger partial charge in [-0.2, -0.15) is 4.98 Å². The molecule has 3 aromatic rings. The van der Waals surface area contributed by atoms with Crippen LogP contribution in [0.3, 0.4) is 0 Å². The predicted molar refractivity (Wildman–Crippen MR) is 136 cm³/mol. The summed E-state index contributed by atoms with van der Waals surface area (Å²) < 4.78 is 12.1. The van der Waals surface area contributed by atoms with Gasteiger partial charge in [0.15, 0.2) is 5.82 Å². The molecule has 2 atom stereocenters. The third-order valence-corrected chi connectivity index (χ3v) is 7.58. The van der Waals surface area contributed by atoms with Crippen LogP contribution in [0.2, 0.25) is 5.02 Å². The molecule has 3 aromatic heterocycles. The van der Waals surface area contributed by atoms with Crippen LogP contribution in [0, 0.1) is 6.92 Å². The molecule has 0 saturated carbocycles. The molecule has 11 heteroatoms. The zero-order valence-corrected chi connectivity index (χ0v) is 21.9. The Morgan fingerprint density at radius 1 is 1.22 bits per heavy atom. The van der Waals surface area contributed by atoms with Gasteiger partial charge in [0.2, 0.25) is 11.8 Å². The van der Waals surface area contributed by atoms with Crippen molar-refractivity contribution in [3.8, 4) is 23.3 Å². The smallest absolute Gasteiger partial charge is 0.314 e. The molecule has 1 amide bonds. The number of likely N-dealkylation sites (tertiary alicyclic amines) is 1. The van der Waals surface area contributed by atoms with Crippen molar-refractivity contribution in [1.29, 1.82) is 0 Å². The van der Waals surface area contributed by atoms with Gasteiger partial charge in [0.05, 0.1) is 36.4 Å². The van der Waals surface area contributed by atoms with E-state index in [0.717, 1.165) is 47.5 Å². The second-order valence-corrected chi connectivity index (χ2v) is 9.97. The van der Waals surface area contributed by atoms with Gasteiger partial charge in [-0.3, -0.25) is 4.79 Å². The number of pyridine rings is 2. The lowest BCUT2D eigenvalue weighted by Gasteiger charge is -2.36. The maximum atomic E-state index is 13.4. The van der Waals surface area contributed by atoms with Crippen LogP contribution >= 0.6 is 11.6 Å². The van der Waals surface area contributed by atoms with Crippen LogP contribution in [0.5, 0.6) is 11.9 Å². The van der Waals surface area contributed by atoms with Gasteiger partial charge in [-0.05, 0) is 50.3 Å². The summed E-state index contributed by atoms with van der Waals surface area (Å²) in [5, 5.41) is 8.62. The Balaban J connectivity index is 1.33. The first-order chi connectivity index (χ1) is 17.2. The zero-order chi connectivity index (χ0) is 25.6. The van der Waals surface area contributed by atoms with Crippen molar-refractivity contribution >= 4 is 23.3 Å². The summed E-state index contributed by atoms with van der Waals surface area (Å²) >= 11 is 6.36. The number of carbonyl (C=O) groups is 1. The standard InChI is InChI=1S/C25H30ClN7O3/c1-14(17-11-20(35-4)27-12-19(17)26)23(34)33-9-8-25(13-33)7-6-16-10-18(15(2)28-21(16)30-25)22-29-24(36-5)32(3)31-22/h10-12,14H,6-9,13H2,1-5H3,(H,28,30)/t14-,25+/m1/s1. The van der Waals surface area contributed by atoms with Crippen molar-refractivity contribution in [1.82, 2.24) is 29.6 Å². The number of halogens is 1. The van der Waals surface area contributed by atoms with Crippen LogP contribution in [0.4, 0.5) is 5.82 Å². The summed E-state index contributed by atoms with van der Waals surface area (Å²) in [4.78, 5) is 28.8. The molecule has 5 rings (SSSR count). The van der Waals surface area contributed by atoms with Crippen molar-refractivity contribution in [3.63, 3.8) is 0 Å². The van der Waals surface area contributed by atoms with Crippen molar-refractivity contribution in [2.75, 3.05) is 32.6 Å². The number of hydrogen-bond acceptors (Lipinski definition) is 8. The summed E-state index contributed by atoms with van der Waals surface area (Å²) in [5.74, 6) is 1.56. The number of methoxy groups -OCH3 is 2. The molecule has 0 unspecified atom stereocenters. The third kappa shape index (κ3) is 4.23. The highest BCUT2D eigenvalue weighted by Crippen LogP contribution is 2.39. The Kier molecular flexibility index (Phi) is 6.23. The first kappa shape index (κ1) is 24.3. The Bertz CT molecular complexity index is 1330. The average molecular weight is 512 g/mol. The minimum Gasteiger partial charge on any atom is -0.481 e. The van der Waals surface area contributed by atoms with E-state index < -0.39 is 5.92 Å². The van der Waals surface area contributed by atoms with E-state index in [2.05, 4.69) is 26.4 Å². The lowest BCUT2D eigenvalue weighted by atomic mass is 9.86. The zero-order valence-electron chi connectivity index (χ0n) is 21.1. The summed E-state index contributed by atoms with van der Waals surface area (Å²) in [6.45, 7) is 5.14. The summed E-state index contributed by atoms with van der Waals surface area (Å²) in [6, 6.07) is 4.31. The maximum Gasteiger partial charge on any atom is 0.314 e. The highest BCUT2D eigenvalue weighted by atomic mass is 35.5. The number of nitrogens with zero attached hydrogens (tertiary/aromatic N) is 6. The van der Waals surface area contributed by atoms with Gasteiger partial charge < -0.3 is 19.7 Å². The lowest BCUT2D eigenvalue weighted by Crippen LogP contribution is -2.46. The molecule has 1 fully saturated rings. The van der Waals surface area contributed by atoms with E-state index in [1.807, 2.05) is 18.7 Å². The molecule has 5 heterocycles. The third-order valence-electron chi connectivity index (χ3n) is 7.27. The molecule has 0 aliphatic carbocycles. The molecule has 2 aliphatic rings. The predicted octanol–water partition coefficient (Wildman–Crippen LogP) is 3.38. The normalized spacial score (nSPS) is 19.7. The average Bonchev–Trinajstić information content (AvgIpc) is 3.46. The Morgan fingerprint density at radius 2 is 2.03 bits per heavy atom. The molecular formula is C25H30ClN7O3. The second kappa shape index (κ2) is 9.24. The van der Waals surface area contributed by atoms with Gasteiger partial charge in [-0.1, -0.05) is 11.6 Å². The van der Waals surface area contributed by atoms with Crippen molar-refractivity contribution in [3.05, 3.63) is 40.2 Å². The van der Waals surface area contributed by atoms with E-state index in [0.29, 0.717) is 35.8 Å². The van der Waals surface area contributed by atoms with Gasteiger partial charge in [0.1, 0.15) is 5.82 Å². The number of ether oxygens (including phenoxy) is 2. The molecule has 190 valence electrons. The number of anilines is 1. The first-order valence-corrected chi connectivity index (χ1v) is 12.3. The van der Waals surface area contributed by atoms with E-state index >= 15 is 0 Å². The van der Waals surface area contributed by atoms with Crippen LogP contribution in [-0.2, 0) is 18.3 Å². The summed E-state index contributed by atoms with van der Waals surface area (Å²) in [5.41, 5.74) is 3.39. The van der Waals surface area contributed by atoms with Crippen LogP contribution in [-0.4, -0.2) is 68.4 Å². The number of carbonyl (C=O) groups excluding carboxylic acids is 1. The van der Waals surface area contributed by atoms with Gasteiger partial charge in [0.25, 0.3) is 0 Å². The molecule has 0 bridgehead atoms. The number of rotatable bonds is 5. The second-order valence-electron chi connectivity index (χ2n) is 9.56. The fraction of sp³-hybridized carbons (Fsp3) is 0.480.